The van der Waals surface area contributed by atoms with Gasteiger partial charge in [-0.2, -0.15) is 4.31 Å². The minimum atomic E-state index is -3.47. The van der Waals surface area contributed by atoms with E-state index in [1.54, 1.807) is 28.6 Å². The van der Waals surface area contributed by atoms with Crippen LogP contribution >= 0.6 is 0 Å². The molecule has 4 rings (SSSR count). The van der Waals surface area contributed by atoms with E-state index in [9.17, 15) is 8.42 Å². The third-order valence-electron chi connectivity index (χ3n) is 4.87. The van der Waals surface area contributed by atoms with Gasteiger partial charge in [0.1, 0.15) is 11.5 Å². The van der Waals surface area contributed by atoms with Gasteiger partial charge >= 0.3 is 0 Å². The van der Waals surface area contributed by atoms with Crippen LogP contribution in [0.4, 0.5) is 0 Å². The van der Waals surface area contributed by atoms with Crippen molar-refractivity contribution in [1.82, 2.24) is 4.31 Å². The van der Waals surface area contributed by atoms with Crippen LogP contribution in [0.25, 0.3) is 0 Å². The summed E-state index contributed by atoms with van der Waals surface area (Å²) < 4.78 is 33.5. The summed E-state index contributed by atoms with van der Waals surface area (Å²) in [7, 11) is -3.47. The maximum atomic E-state index is 13.0. The van der Waals surface area contributed by atoms with E-state index in [1.807, 2.05) is 37.3 Å². The fraction of sp³-hybridized carbons (Fsp3) is 0.300. The third-order valence-corrected chi connectivity index (χ3v) is 6.87. The van der Waals surface area contributed by atoms with Crippen molar-refractivity contribution in [2.24, 2.45) is 0 Å². The molecule has 1 fully saturated rings. The van der Waals surface area contributed by atoms with Gasteiger partial charge in [-0.3, -0.25) is 0 Å². The summed E-state index contributed by atoms with van der Waals surface area (Å²) in [5.41, 5.74) is 1.12. The third kappa shape index (κ3) is 3.10. The molecule has 2 atom stereocenters. The number of fused-ring (bicyclic) bond motifs is 2. The molecular weight excluding hydrogens is 334 g/mol. The van der Waals surface area contributed by atoms with Crippen molar-refractivity contribution in [3.05, 3.63) is 66.2 Å². The lowest BCUT2D eigenvalue weighted by molar-refractivity contribution is 0.341. The van der Waals surface area contributed by atoms with Gasteiger partial charge in [-0.05, 0) is 68.1 Å². The molecule has 1 saturated heterocycles. The van der Waals surface area contributed by atoms with Gasteiger partial charge in [0, 0.05) is 12.1 Å². The molecule has 2 aromatic rings. The Morgan fingerprint density at radius 3 is 2.56 bits per heavy atom. The van der Waals surface area contributed by atoms with E-state index in [1.165, 1.54) is 0 Å². The summed E-state index contributed by atoms with van der Waals surface area (Å²) in [6.45, 7) is 2.00. The predicted octanol–water partition coefficient (Wildman–Crippen LogP) is 4.27. The van der Waals surface area contributed by atoms with E-state index >= 15 is 0 Å². The molecule has 2 aromatic carbocycles. The Hall–Kier alpha value is -2.11. The highest BCUT2D eigenvalue weighted by atomic mass is 32.2. The Morgan fingerprint density at radius 1 is 1.04 bits per heavy atom. The fourth-order valence-electron chi connectivity index (χ4n) is 3.67. The highest BCUT2D eigenvalue weighted by molar-refractivity contribution is 7.89. The summed E-state index contributed by atoms with van der Waals surface area (Å²) in [5, 5.41) is 0. The largest absolute Gasteiger partial charge is 0.457 e. The lowest BCUT2D eigenvalue weighted by Crippen LogP contribution is -2.41. The van der Waals surface area contributed by atoms with Crippen molar-refractivity contribution < 1.29 is 13.2 Å². The summed E-state index contributed by atoms with van der Waals surface area (Å²) in [6.07, 6.45) is 6.79. The maximum absolute atomic E-state index is 13.0. The SMILES string of the molecule is Cc1cccc(Oc2ccc(S(=O)(=O)N3C4C=CCC3CC4)cc2)c1. The van der Waals surface area contributed by atoms with Gasteiger partial charge in [-0.25, -0.2) is 8.42 Å². The highest BCUT2D eigenvalue weighted by Gasteiger charge is 2.42. The minimum absolute atomic E-state index is 0.00645. The smallest absolute Gasteiger partial charge is 0.243 e. The van der Waals surface area contributed by atoms with Crippen LogP contribution in [-0.4, -0.2) is 24.8 Å². The van der Waals surface area contributed by atoms with E-state index in [-0.39, 0.29) is 12.1 Å². The van der Waals surface area contributed by atoms with Gasteiger partial charge in [0.25, 0.3) is 0 Å². The Labute approximate surface area is 148 Å². The number of aryl methyl sites for hydroxylation is 1. The lowest BCUT2D eigenvalue weighted by atomic mass is 10.2. The van der Waals surface area contributed by atoms with E-state index in [0.29, 0.717) is 10.6 Å². The van der Waals surface area contributed by atoms with Gasteiger partial charge in [-0.15, -0.1) is 0 Å². The van der Waals surface area contributed by atoms with Crippen LogP contribution in [0.2, 0.25) is 0 Å². The van der Waals surface area contributed by atoms with E-state index < -0.39 is 10.0 Å². The zero-order valence-electron chi connectivity index (χ0n) is 14.1. The number of hydrogen-bond acceptors (Lipinski definition) is 3. The topological polar surface area (TPSA) is 46.6 Å². The Bertz CT molecular complexity index is 903. The molecule has 0 aliphatic carbocycles. The van der Waals surface area contributed by atoms with Gasteiger partial charge in [-0.1, -0.05) is 24.3 Å². The molecule has 0 amide bonds. The number of benzene rings is 2. The molecule has 2 aliphatic heterocycles. The first kappa shape index (κ1) is 16.4. The van der Waals surface area contributed by atoms with Crippen molar-refractivity contribution in [2.75, 3.05) is 0 Å². The van der Waals surface area contributed by atoms with Crippen LogP contribution in [0.3, 0.4) is 0 Å². The molecule has 2 bridgehead atoms. The fourth-order valence-corrected chi connectivity index (χ4v) is 5.51. The molecule has 4 nitrogen and oxygen atoms in total. The summed E-state index contributed by atoms with van der Waals surface area (Å²) in [5.74, 6) is 1.38. The Balaban J connectivity index is 1.56. The first-order valence-corrected chi connectivity index (χ1v) is 10.0. The molecule has 5 heteroatoms. The average Bonchev–Trinajstić information content (AvgIpc) is 2.86. The normalized spacial score (nSPS) is 22.9. The highest BCUT2D eigenvalue weighted by Crippen LogP contribution is 2.36. The summed E-state index contributed by atoms with van der Waals surface area (Å²) in [6, 6.07) is 14.6. The van der Waals surface area contributed by atoms with Crippen LogP contribution < -0.4 is 4.74 Å². The van der Waals surface area contributed by atoms with Crippen molar-refractivity contribution >= 4 is 10.0 Å². The van der Waals surface area contributed by atoms with Crippen LogP contribution in [0.1, 0.15) is 24.8 Å². The van der Waals surface area contributed by atoms with Crippen LogP contribution in [0, 0.1) is 6.92 Å². The predicted molar refractivity (Wildman–Crippen MR) is 97.3 cm³/mol. The molecular formula is C20H21NO3S. The Morgan fingerprint density at radius 2 is 1.84 bits per heavy atom. The van der Waals surface area contributed by atoms with Crippen molar-refractivity contribution in [3.8, 4) is 11.5 Å². The first-order chi connectivity index (χ1) is 12.0. The standard InChI is InChI=1S/C20H21NO3S/c1-15-4-2-7-19(14-15)24-18-10-12-20(13-11-18)25(22,23)21-16-5-3-6-17(21)9-8-16/h2-5,7,10-14,16-17H,6,8-9H2,1H3. The number of nitrogens with zero attached hydrogens (tertiary/aromatic N) is 1. The second-order valence-corrected chi connectivity index (χ2v) is 8.53. The second kappa shape index (κ2) is 6.32. The van der Waals surface area contributed by atoms with Gasteiger partial charge < -0.3 is 4.74 Å². The average molecular weight is 355 g/mol. The van der Waals surface area contributed by atoms with Crippen molar-refractivity contribution in [2.45, 2.75) is 43.2 Å². The second-order valence-electron chi connectivity index (χ2n) is 6.69. The molecule has 2 heterocycles. The van der Waals surface area contributed by atoms with E-state index in [2.05, 4.69) is 6.08 Å². The summed E-state index contributed by atoms with van der Waals surface area (Å²) in [4.78, 5) is 0.330. The number of hydrogen-bond donors (Lipinski definition) is 0. The van der Waals surface area contributed by atoms with E-state index in [4.69, 9.17) is 4.74 Å². The zero-order chi connectivity index (χ0) is 17.4. The zero-order valence-corrected chi connectivity index (χ0v) is 14.9. The van der Waals surface area contributed by atoms with Gasteiger partial charge in [0.05, 0.1) is 4.90 Å². The first-order valence-electron chi connectivity index (χ1n) is 8.59. The molecule has 2 aliphatic rings. The van der Waals surface area contributed by atoms with Gasteiger partial charge in [0.2, 0.25) is 10.0 Å². The monoisotopic (exact) mass is 355 g/mol. The lowest BCUT2D eigenvalue weighted by Gasteiger charge is -2.30. The molecule has 2 unspecified atom stereocenters. The molecule has 0 N–H and O–H groups in total. The van der Waals surface area contributed by atoms with Crippen LogP contribution in [0.5, 0.6) is 11.5 Å². The molecule has 130 valence electrons. The number of rotatable bonds is 4. The quantitative estimate of drug-likeness (QED) is 0.770. The Kier molecular flexibility index (Phi) is 4.13. The van der Waals surface area contributed by atoms with Crippen molar-refractivity contribution in [1.29, 1.82) is 0 Å². The molecule has 0 aromatic heterocycles. The molecule has 0 radical (unpaired) electrons. The number of ether oxygens (including phenoxy) is 1. The molecule has 25 heavy (non-hydrogen) atoms. The van der Waals surface area contributed by atoms with Gasteiger partial charge in [0.15, 0.2) is 0 Å². The molecule has 0 saturated carbocycles. The van der Waals surface area contributed by atoms with Crippen molar-refractivity contribution in [3.63, 3.8) is 0 Å². The van der Waals surface area contributed by atoms with E-state index in [0.717, 1.165) is 30.6 Å². The van der Waals surface area contributed by atoms with Crippen LogP contribution in [-0.2, 0) is 10.0 Å². The van der Waals surface area contributed by atoms with Crippen LogP contribution in [0.15, 0.2) is 65.6 Å². The molecule has 0 spiro atoms. The number of sulfonamides is 1. The summed E-state index contributed by atoms with van der Waals surface area (Å²) >= 11 is 0. The minimum Gasteiger partial charge on any atom is -0.457 e. The maximum Gasteiger partial charge on any atom is 0.243 e.